The predicted octanol–water partition coefficient (Wildman–Crippen LogP) is 4.51. The zero-order chi connectivity index (χ0) is 15.6. The molecule has 21 heavy (non-hydrogen) atoms. The summed E-state index contributed by atoms with van der Waals surface area (Å²) in [6.07, 6.45) is 0.0562. The summed E-state index contributed by atoms with van der Waals surface area (Å²) in [7, 11) is 1.53. The molecule has 112 valence electrons. The van der Waals surface area contributed by atoms with Crippen LogP contribution < -0.4 is 5.32 Å². The third-order valence-electron chi connectivity index (χ3n) is 3.10. The lowest BCUT2D eigenvalue weighted by Crippen LogP contribution is -2.21. The van der Waals surface area contributed by atoms with Crippen LogP contribution in [0.4, 0.5) is 17.6 Å². The molecule has 6 heteroatoms. The van der Waals surface area contributed by atoms with Crippen molar-refractivity contribution in [2.45, 2.75) is 12.5 Å². The highest BCUT2D eigenvalue weighted by atomic mass is 79.9. The number of nitrogens with one attached hydrogen (secondary N) is 1. The standard InChI is InChI=1S/C15H12BrF4N/c1-21-14(4-8-2-10(17)7-11(18)3-8)15-12(19)5-9(16)6-13(15)20/h2-3,5-7,14,21H,4H2,1H3. The Balaban J connectivity index is 2.36. The number of likely N-dealkylation sites (N-methyl/N-ethyl adjacent to an activating group) is 1. The molecule has 1 unspecified atom stereocenters. The lowest BCUT2D eigenvalue weighted by Gasteiger charge is -2.18. The summed E-state index contributed by atoms with van der Waals surface area (Å²) in [5, 5.41) is 2.77. The smallest absolute Gasteiger partial charge is 0.132 e. The van der Waals surface area contributed by atoms with Crippen LogP contribution in [0.15, 0.2) is 34.8 Å². The van der Waals surface area contributed by atoms with Gasteiger partial charge in [0, 0.05) is 22.1 Å². The van der Waals surface area contributed by atoms with E-state index in [0.717, 1.165) is 30.3 Å². The van der Waals surface area contributed by atoms with Gasteiger partial charge in [-0.25, -0.2) is 17.6 Å². The molecule has 0 aliphatic heterocycles. The molecule has 0 bridgehead atoms. The van der Waals surface area contributed by atoms with E-state index in [1.54, 1.807) is 0 Å². The number of benzene rings is 2. The van der Waals surface area contributed by atoms with Crippen molar-refractivity contribution in [3.8, 4) is 0 Å². The number of hydrogen-bond acceptors (Lipinski definition) is 1. The molecule has 0 aromatic heterocycles. The highest BCUT2D eigenvalue weighted by molar-refractivity contribution is 9.10. The van der Waals surface area contributed by atoms with Gasteiger partial charge in [-0.05, 0) is 43.3 Å². The third-order valence-corrected chi connectivity index (χ3v) is 3.56. The van der Waals surface area contributed by atoms with Crippen LogP contribution in [0.5, 0.6) is 0 Å². The molecule has 0 saturated carbocycles. The molecule has 0 spiro atoms. The van der Waals surface area contributed by atoms with E-state index in [4.69, 9.17) is 0 Å². The van der Waals surface area contributed by atoms with Crippen LogP contribution in [0.1, 0.15) is 17.2 Å². The van der Waals surface area contributed by atoms with Crippen molar-refractivity contribution >= 4 is 15.9 Å². The zero-order valence-corrected chi connectivity index (χ0v) is 12.6. The van der Waals surface area contributed by atoms with Crippen molar-refractivity contribution in [2.24, 2.45) is 0 Å². The Hall–Kier alpha value is -1.40. The van der Waals surface area contributed by atoms with Crippen molar-refractivity contribution in [3.63, 3.8) is 0 Å². The first-order chi connectivity index (χ1) is 9.90. The minimum atomic E-state index is -0.737. The van der Waals surface area contributed by atoms with E-state index in [-0.39, 0.29) is 16.5 Å². The average Bonchev–Trinajstić information content (AvgIpc) is 2.35. The van der Waals surface area contributed by atoms with Gasteiger partial charge in [-0.2, -0.15) is 0 Å². The van der Waals surface area contributed by atoms with Gasteiger partial charge in [-0.15, -0.1) is 0 Å². The second kappa shape index (κ2) is 6.58. The van der Waals surface area contributed by atoms with Gasteiger partial charge in [-0.3, -0.25) is 0 Å². The maximum atomic E-state index is 14.0. The van der Waals surface area contributed by atoms with Gasteiger partial charge in [0.05, 0.1) is 0 Å². The van der Waals surface area contributed by atoms with E-state index in [2.05, 4.69) is 21.2 Å². The lowest BCUT2D eigenvalue weighted by molar-refractivity contribution is 0.486. The van der Waals surface area contributed by atoms with E-state index in [1.807, 2.05) is 0 Å². The Kier molecular flexibility index (Phi) is 5.00. The van der Waals surface area contributed by atoms with Crippen molar-refractivity contribution in [3.05, 3.63) is 69.2 Å². The number of rotatable bonds is 4. The summed E-state index contributed by atoms with van der Waals surface area (Å²) < 4.78 is 54.6. The first kappa shape index (κ1) is 16.0. The lowest BCUT2D eigenvalue weighted by atomic mass is 9.98. The summed E-state index contributed by atoms with van der Waals surface area (Å²) >= 11 is 3.00. The Labute approximate surface area is 128 Å². The van der Waals surface area contributed by atoms with Gasteiger partial charge >= 0.3 is 0 Å². The van der Waals surface area contributed by atoms with Crippen molar-refractivity contribution in [2.75, 3.05) is 7.05 Å². The first-order valence-corrected chi connectivity index (χ1v) is 6.96. The summed E-state index contributed by atoms with van der Waals surface area (Å²) in [5.74, 6) is -2.90. The first-order valence-electron chi connectivity index (χ1n) is 6.17. The molecule has 1 atom stereocenters. The molecule has 0 radical (unpaired) electrons. The molecule has 1 nitrogen and oxygen atoms in total. The van der Waals surface area contributed by atoms with Crippen molar-refractivity contribution in [1.29, 1.82) is 0 Å². The minimum Gasteiger partial charge on any atom is -0.313 e. The van der Waals surface area contributed by atoms with E-state index >= 15 is 0 Å². The molecule has 0 aliphatic rings. The Morgan fingerprint density at radius 2 is 1.48 bits per heavy atom. The average molecular weight is 362 g/mol. The van der Waals surface area contributed by atoms with Gasteiger partial charge in [0.2, 0.25) is 0 Å². The Bertz CT molecular complexity index is 617. The molecule has 2 aromatic carbocycles. The van der Waals surface area contributed by atoms with Gasteiger partial charge in [-0.1, -0.05) is 15.9 Å². The molecule has 0 saturated heterocycles. The minimum absolute atomic E-state index is 0.0562. The zero-order valence-electron chi connectivity index (χ0n) is 11.1. The topological polar surface area (TPSA) is 12.0 Å². The van der Waals surface area contributed by atoms with Gasteiger partial charge in [0.25, 0.3) is 0 Å². The summed E-state index contributed by atoms with van der Waals surface area (Å²) in [6.45, 7) is 0. The summed E-state index contributed by atoms with van der Waals surface area (Å²) in [4.78, 5) is 0. The van der Waals surface area contributed by atoms with Gasteiger partial charge in [0.15, 0.2) is 0 Å². The largest absolute Gasteiger partial charge is 0.313 e. The third kappa shape index (κ3) is 3.83. The predicted molar refractivity (Wildman–Crippen MR) is 75.9 cm³/mol. The highest BCUT2D eigenvalue weighted by Gasteiger charge is 2.20. The highest BCUT2D eigenvalue weighted by Crippen LogP contribution is 2.27. The molecular formula is C15H12BrF4N. The second-order valence-electron chi connectivity index (χ2n) is 4.61. The Morgan fingerprint density at radius 1 is 0.952 bits per heavy atom. The van der Waals surface area contributed by atoms with E-state index in [0.29, 0.717) is 5.56 Å². The van der Waals surface area contributed by atoms with E-state index in [1.165, 1.54) is 7.05 Å². The van der Waals surface area contributed by atoms with Crippen LogP contribution in [-0.2, 0) is 6.42 Å². The fraction of sp³-hybridized carbons (Fsp3) is 0.200. The Morgan fingerprint density at radius 3 is 1.95 bits per heavy atom. The fourth-order valence-electron chi connectivity index (χ4n) is 2.20. The van der Waals surface area contributed by atoms with Crippen LogP contribution in [0.2, 0.25) is 0 Å². The number of hydrogen-bond donors (Lipinski definition) is 1. The van der Waals surface area contributed by atoms with Crippen molar-refractivity contribution in [1.82, 2.24) is 5.32 Å². The molecule has 0 aliphatic carbocycles. The van der Waals surface area contributed by atoms with E-state index in [9.17, 15) is 17.6 Å². The molecule has 0 fully saturated rings. The van der Waals surface area contributed by atoms with Gasteiger partial charge < -0.3 is 5.32 Å². The van der Waals surface area contributed by atoms with Crippen LogP contribution in [0, 0.1) is 23.3 Å². The van der Waals surface area contributed by atoms with Crippen molar-refractivity contribution < 1.29 is 17.6 Å². The normalized spacial score (nSPS) is 12.5. The molecule has 2 aromatic rings. The van der Waals surface area contributed by atoms with Crippen LogP contribution in [0.3, 0.4) is 0 Å². The molecule has 2 rings (SSSR count). The van der Waals surface area contributed by atoms with E-state index < -0.39 is 29.3 Å². The van der Waals surface area contributed by atoms with Crippen LogP contribution in [0.25, 0.3) is 0 Å². The number of halogens is 5. The molecule has 0 amide bonds. The monoisotopic (exact) mass is 361 g/mol. The maximum absolute atomic E-state index is 14.0. The molecule has 1 N–H and O–H groups in total. The summed E-state index contributed by atoms with van der Waals surface area (Å²) in [6, 6.07) is 4.59. The molecular weight excluding hydrogens is 350 g/mol. The second-order valence-corrected chi connectivity index (χ2v) is 5.52. The molecule has 0 heterocycles. The van der Waals surface area contributed by atoms with Crippen LogP contribution in [-0.4, -0.2) is 7.05 Å². The quantitative estimate of drug-likeness (QED) is 0.790. The fourth-order valence-corrected chi connectivity index (χ4v) is 2.60. The SMILES string of the molecule is CNC(Cc1cc(F)cc(F)c1)c1c(F)cc(Br)cc1F. The van der Waals surface area contributed by atoms with Gasteiger partial charge in [0.1, 0.15) is 23.3 Å². The summed E-state index contributed by atoms with van der Waals surface area (Å²) in [5.41, 5.74) is 0.152. The maximum Gasteiger partial charge on any atom is 0.132 e. The van der Waals surface area contributed by atoms with Crippen LogP contribution >= 0.6 is 15.9 Å².